The van der Waals surface area contributed by atoms with E-state index in [-0.39, 0.29) is 18.0 Å². The maximum atomic E-state index is 13.8. The molecule has 0 saturated heterocycles. The standard InChI is InChI=1S/C15H14FNO4/c1-10(18)12-4-7-15(14(16)8-12)21-9-11-2-5-13(6-3-11)17(19)20/h2-8,10,18H,9H2,1H3/t10-/m0/s1. The lowest BCUT2D eigenvalue weighted by molar-refractivity contribution is -0.384. The molecule has 0 spiro atoms. The summed E-state index contributed by atoms with van der Waals surface area (Å²) in [5, 5.41) is 19.9. The molecule has 0 aromatic heterocycles. The third-order valence-electron chi connectivity index (χ3n) is 2.98. The van der Waals surface area contributed by atoms with Crippen LogP contribution in [0.2, 0.25) is 0 Å². The van der Waals surface area contributed by atoms with Gasteiger partial charge in [0.2, 0.25) is 0 Å². The summed E-state index contributed by atoms with van der Waals surface area (Å²) >= 11 is 0. The Bertz CT molecular complexity index is 641. The Labute approximate surface area is 120 Å². The van der Waals surface area contributed by atoms with Gasteiger partial charge in [0.1, 0.15) is 6.61 Å². The quantitative estimate of drug-likeness (QED) is 0.677. The molecule has 21 heavy (non-hydrogen) atoms. The summed E-state index contributed by atoms with van der Waals surface area (Å²) in [7, 11) is 0. The number of nitrogens with zero attached hydrogens (tertiary/aromatic N) is 1. The Morgan fingerprint density at radius 1 is 1.29 bits per heavy atom. The Hall–Kier alpha value is -2.47. The molecule has 5 nitrogen and oxygen atoms in total. The number of hydrogen-bond donors (Lipinski definition) is 1. The predicted octanol–water partition coefficient (Wildman–Crippen LogP) is 3.37. The van der Waals surface area contributed by atoms with Crippen LogP contribution in [0.3, 0.4) is 0 Å². The number of nitro groups is 1. The van der Waals surface area contributed by atoms with E-state index in [2.05, 4.69) is 0 Å². The Morgan fingerprint density at radius 3 is 2.48 bits per heavy atom. The van der Waals surface area contributed by atoms with Crippen LogP contribution in [-0.2, 0) is 6.61 Å². The molecular formula is C15H14FNO4. The average molecular weight is 291 g/mol. The van der Waals surface area contributed by atoms with E-state index in [0.29, 0.717) is 11.1 Å². The lowest BCUT2D eigenvalue weighted by Gasteiger charge is -2.10. The second kappa shape index (κ2) is 6.32. The van der Waals surface area contributed by atoms with Crippen molar-refractivity contribution in [2.24, 2.45) is 0 Å². The third-order valence-corrected chi connectivity index (χ3v) is 2.98. The van der Waals surface area contributed by atoms with Crippen LogP contribution in [0.15, 0.2) is 42.5 Å². The van der Waals surface area contributed by atoms with Crippen LogP contribution < -0.4 is 4.74 Å². The number of non-ortho nitro benzene ring substituents is 1. The highest BCUT2D eigenvalue weighted by Crippen LogP contribution is 2.23. The molecule has 110 valence electrons. The summed E-state index contributed by atoms with van der Waals surface area (Å²) in [6.07, 6.45) is -0.747. The second-order valence-electron chi connectivity index (χ2n) is 4.58. The largest absolute Gasteiger partial charge is 0.486 e. The lowest BCUT2D eigenvalue weighted by atomic mass is 10.1. The molecule has 0 bridgehead atoms. The van der Waals surface area contributed by atoms with Crippen molar-refractivity contribution in [2.75, 3.05) is 0 Å². The molecule has 0 amide bonds. The van der Waals surface area contributed by atoms with Gasteiger partial charge in [-0.15, -0.1) is 0 Å². The summed E-state index contributed by atoms with van der Waals surface area (Å²) in [4.78, 5) is 10.0. The predicted molar refractivity (Wildman–Crippen MR) is 74.5 cm³/mol. The first-order chi connectivity index (χ1) is 9.97. The number of aliphatic hydroxyl groups is 1. The summed E-state index contributed by atoms with van der Waals surface area (Å²) in [5.74, 6) is -0.493. The van der Waals surface area contributed by atoms with Crippen molar-refractivity contribution in [1.29, 1.82) is 0 Å². The maximum absolute atomic E-state index is 13.8. The summed E-state index contributed by atoms with van der Waals surface area (Å²) < 4.78 is 19.1. The van der Waals surface area contributed by atoms with Gasteiger partial charge in [-0.25, -0.2) is 4.39 Å². The van der Waals surface area contributed by atoms with Gasteiger partial charge in [0, 0.05) is 12.1 Å². The fourth-order valence-corrected chi connectivity index (χ4v) is 1.77. The first kappa shape index (κ1) is 14.9. The van der Waals surface area contributed by atoms with Gasteiger partial charge in [0.15, 0.2) is 11.6 Å². The number of rotatable bonds is 5. The molecule has 2 aromatic carbocycles. The van der Waals surface area contributed by atoms with Crippen molar-refractivity contribution in [3.8, 4) is 5.75 Å². The molecule has 1 atom stereocenters. The van der Waals surface area contributed by atoms with Crippen molar-refractivity contribution in [2.45, 2.75) is 19.6 Å². The highest BCUT2D eigenvalue weighted by Gasteiger charge is 2.09. The van der Waals surface area contributed by atoms with E-state index in [0.717, 1.165) is 0 Å². The first-order valence-electron chi connectivity index (χ1n) is 6.31. The van der Waals surface area contributed by atoms with Crippen LogP contribution >= 0.6 is 0 Å². The van der Waals surface area contributed by atoms with Gasteiger partial charge in [0.25, 0.3) is 5.69 Å². The number of halogens is 1. The van der Waals surface area contributed by atoms with Gasteiger partial charge in [-0.1, -0.05) is 6.07 Å². The van der Waals surface area contributed by atoms with E-state index in [1.807, 2.05) is 0 Å². The molecule has 0 saturated carbocycles. The van der Waals surface area contributed by atoms with Gasteiger partial charge in [-0.05, 0) is 42.3 Å². The topological polar surface area (TPSA) is 72.6 Å². The zero-order valence-corrected chi connectivity index (χ0v) is 11.3. The molecule has 0 unspecified atom stereocenters. The molecule has 0 heterocycles. The number of hydrogen-bond acceptors (Lipinski definition) is 4. The van der Waals surface area contributed by atoms with E-state index >= 15 is 0 Å². The Morgan fingerprint density at radius 2 is 1.95 bits per heavy atom. The number of ether oxygens (including phenoxy) is 1. The number of benzene rings is 2. The van der Waals surface area contributed by atoms with Crippen LogP contribution in [0, 0.1) is 15.9 Å². The van der Waals surface area contributed by atoms with Gasteiger partial charge < -0.3 is 9.84 Å². The molecule has 0 aliphatic heterocycles. The minimum atomic E-state index is -0.747. The van der Waals surface area contributed by atoms with Crippen molar-refractivity contribution >= 4 is 5.69 Å². The first-order valence-corrected chi connectivity index (χ1v) is 6.31. The van der Waals surface area contributed by atoms with Crippen LogP contribution in [0.5, 0.6) is 5.75 Å². The smallest absolute Gasteiger partial charge is 0.269 e. The highest BCUT2D eigenvalue weighted by molar-refractivity contribution is 5.34. The van der Waals surface area contributed by atoms with Crippen LogP contribution in [-0.4, -0.2) is 10.0 Å². The SMILES string of the molecule is C[C@H](O)c1ccc(OCc2ccc([N+](=O)[O-])cc2)c(F)c1. The van der Waals surface area contributed by atoms with Crippen molar-refractivity contribution in [1.82, 2.24) is 0 Å². The zero-order chi connectivity index (χ0) is 15.4. The molecule has 0 radical (unpaired) electrons. The van der Waals surface area contributed by atoms with E-state index < -0.39 is 16.8 Å². The molecule has 1 N–H and O–H groups in total. The Balaban J connectivity index is 2.04. The molecule has 2 rings (SSSR count). The van der Waals surface area contributed by atoms with Gasteiger partial charge in [-0.2, -0.15) is 0 Å². The second-order valence-corrected chi connectivity index (χ2v) is 4.58. The molecular weight excluding hydrogens is 277 g/mol. The van der Waals surface area contributed by atoms with Crippen molar-refractivity contribution in [3.05, 3.63) is 69.5 Å². The van der Waals surface area contributed by atoms with Crippen LogP contribution in [0.1, 0.15) is 24.2 Å². The highest BCUT2D eigenvalue weighted by atomic mass is 19.1. The number of nitro benzene ring substituents is 1. The minimum Gasteiger partial charge on any atom is -0.486 e. The van der Waals surface area contributed by atoms with Crippen molar-refractivity contribution < 1.29 is 19.2 Å². The van der Waals surface area contributed by atoms with Gasteiger partial charge in [0.05, 0.1) is 11.0 Å². The minimum absolute atomic E-state index is 0.00813. The van der Waals surface area contributed by atoms with E-state index in [4.69, 9.17) is 4.74 Å². The monoisotopic (exact) mass is 291 g/mol. The maximum Gasteiger partial charge on any atom is 0.269 e. The molecule has 0 fully saturated rings. The van der Waals surface area contributed by atoms with Crippen LogP contribution in [0.4, 0.5) is 10.1 Å². The number of aliphatic hydroxyl groups excluding tert-OH is 1. The summed E-state index contributed by atoms with van der Waals surface area (Å²) in [6.45, 7) is 1.65. The average Bonchev–Trinajstić information content (AvgIpc) is 2.46. The third kappa shape index (κ3) is 3.76. The van der Waals surface area contributed by atoms with E-state index in [1.165, 1.54) is 24.3 Å². The molecule has 2 aromatic rings. The zero-order valence-electron chi connectivity index (χ0n) is 11.3. The van der Waals surface area contributed by atoms with Crippen molar-refractivity contribution in [3.63, 3.8) is 0 Å². The molecule has 0 aliphatic rings. The van der Waals surface area contributed by atoms with Gasteiger partial charge >= 0.3 is 0 Å². The summed E-state index contributed by atoms with van der Waals surface area (Å²) in [6, 6.07) is 10.1. The normalized spacial score (nSPS) is 12.0. The summed E-state index contributed by atoms with van der Waals surface area (Å²) in [5.41, 5.74) is 1.15. The fourth-order valence-electron chi connectivity index (χ4n) is 1.77. The Kier molecular flexibility index (Phi) is 4.49. The van der Waals surface area contributed by atoms with E-state index in [1.54, 1.807) is 25.1 Å². The van der Waals surface area contributed by atoms with Crippen LogP contribution in [0.25, 0.3) is 0 Å². The molecule has 6 heteroatoms. The van der Waals surface area contributed by atoms with Gasteiger partial charge in [-0.3, -0.25) is 10.1 Å². The van der Waals surface area contributed by atoms with E-state index in [9.17, 15) is 19.6 Å². The molecule has 0 aliphatic carbocycles. The fraction of sp³-hybridized carbons (Fsp3) is 0.200. The lowest BCUT2D eigenvalue weighted by Crippen LogP contribution is -1.99.